The van der Waals surface area contributed by atoms with Crippen LogP contribution in [0, 0.1) is 26.6 Å². The van der Waals surface area contributed by atoms with Crippen molar-refractivity contribution in [1.82, 2.24) is 4.17 Å². The van der Waals surface area contributed by atoms with Gasteiger partial charge in [0.1, 0.15) is 0 Å². The predicted molar refractivity (Wildman–Crippen MR) is 188 cm³/mol. The van der Waals surface area contributed by atoms with Crippen molar-refractivity contribution in [3.05, 3.63) is 209 Å². The zero-order valence-corrected chi connectivity index (χ0v) is 28.5. The molecule has 0 N–H and O–H groups in total. The zero-order chi connectivity index (χ0) is 34.4. The van der Waals surface area contributed by atoms with E-state index in [2.05, 4.69) is 209 Å². The Kier molecular flexibility index (Phi) is 19.7. The molecule has 0 aliphatic rings. The van der Waals surface area contributed by atoms with E-state index in [0.717, 1.165) is 0 Å². The molecule has 236 valence electrons. The summed E-state index contributed by atoms with van der Waals surface area (Å²) < 4.78 is 36.4. The Balaban J connectivity index is 0.00000119. The van der Waals surface area contributed by atoms with Crippen molar-refractivity contribution < 1.29 is 35.7 Å². The molecule has 0 unspecified atom stereocenters. The van der Waals surface area contributed by atoms with Crippen LogP contribution in [0.4, 0.5) is 0 Å². The van der Waals surface area contributed by atoms with Gasteiger partial charge in [-0.3, -0.25) is 0 Å². The van der Waals surface area contributed by atoms with Gasteiger partial charge >= 0.3 is 59.3 Å². The fourth-order valence-electron chi connectivity index (χ4n) is 5.27. The Labute approximate surface area is 293 Å². The molecule has 0 aliphatic carbocycles. The Morgan fingerprint density at radius 3 is 0.521 bits per heavy atom. The van der Waals surface area contributed by atoms with Crippen LogP contribution in [0.15, 0.2) is 182 Å². The summed E-state index contributed by atoms with van der Waals surface area (Å²) in [6, 6.07) is 65.7. The summed E-state index contributed by atoms with van der Waals surface area (Å²) in [7, 11) is -4.99. The van der Waals surface area contributed by atoms with Gasteiger partial charge in [-0.15, -0.1) is 4.17 Å². The predicted octanol–water partition coefficient (Wildman–Crippen LogP) is 6.26. The van der Waals surface area contributed by atoms with Crippen LogP contribution in [0.2, 0.25) is 0 Å². The molecule has 0 spiro atoms. The standard InChI is InChI=1S/C36H30NP2.4CO.Fe/c1-7-19-31(20-8-1)38(32-21-9-2-10-22-32,33-23-11-3-12-24-33)37-39(34-25-13-4-14-26-34,35-27-15-5-16-28-35)36-29-17-6-18-30-36;4*1-2;/h1-30H;;;;;/q+1;;;;;. The quantitative estimate of drug-likeness (QED) is 0.0644. The number of nitrogens with zero attached hydrogens (tertiary/aromatic N) is 1. The first kappa shape index (κ1) is 41.4. The Hall–Kier alpha value is -4.63. The molecule has 0 aliphatic heterocycles. The molecule has 0 heterocycles. The first-order valence-electron chi connectivity index (χ1n) is 14.0. The van der Waals surface area contributed by atoms with E-state index in [1.54, 1.807) is 0 Å². The summed E-state index contributed by atoms with van der Waals surface area (Å²) in [5, 5.41) is 7.55. The van der Waals surface area contributed by atoms with Gasteiger partial charge < -0.3 is 0 Å². The van der Waals surface area contributed by atoms with Crippen LogP contribution in [0.1, 0.15) is 0 Å². The number of hydrogen-bond donors (Lipinski definition) is 0. The molecule has 0 fully saturated rings. The van der Waals surface area contributed by atoms with Gasteiger partial charge in [0.25, 0.3) is 0 Å². The van der Waals surface area contributed by atoms with Gasteiger partial charge in [0, 0.05) is 17.1 Å². The van der Waals surface area contributed by atoms with Crippen molar-refractivity contribution in [2.75, 3.05) is 0 Å². The van der Waals surface area contributed by atoms with Gasteiger partial charge in [0.2, 0.25) is 0 Å². The largest absolute Gasteiger partial charge is 0.301 e. The summed E-state index contributed by atoms with van der Waals surface area (Å²) in [4.78, 5) is 0. The summed E-state index contributed by atoms with van der Waals surface area (Å²) in [5.41, 5.74) is 0. The Morgan fingerprint density at radius 2 is 0.396 bits per heavy atom. The van der Waals surface area contributed by atoms with Crippen molar-refractivity contribution in [3.8, 4) is 0 Å². The molecule has 6 rings (SSSR count). The zero-order valence-electron chi connectivity index (χ0n) is 25.6. The van der Waals surface area contributed by atoms with Gasteiger partial charge in [0.15, 0.2) is 0 Å². The van der Waals surface area contributed by atoms with Gasteiger partial charge in [-0.1, -0.05) is 109 Å². The van der Waals surface area contributed by atoms with Gasteiger partial charge in [0.05, 0.1) is 31.8 Å². The van der Waals surface area contributed by atoms with E-state index in [-0.39, 0.29) is 17.1 Å². The third-order valence-corrected chi connectivity index (χ3v) is 15.5. The average molecular weight is 706 g/mol. The van der Waals surface area contributed by atoms with Crippen LogP contribution in [0.3, 0.4) is 0 Å². The molecule has 6 aromatic carbocycles. The van der Waals surface area contributed by atoms with Crippen molar-refractivity contribution in [2.45, 2.75) is 0 Å². The second-order valence-corrected chi connectivity index (χ2v) is 15.7. The molecule has 0 bridgehead atoms. The van der Waals surface area contributed by atoms with E-state index in [1.165, 1.54) is 31.8 Å². The maximum Gasteiger partial charge on any atom is 0.301 e. The molecule has 48 heavy (non-hydrogen) atoms. The molecule has 5 nitrogen and oxygen atoms in total. The molecule has 0 aromatic heterocycles. The van der Waals surface area contributed by atoms with Gasteiger partial charge in [-0.05, 0) is 72.8 Å². The maximum absolute atomic E-state index is 7.50. The average Bonchev–Trinajstić information content (AvgIpc) is 3.21. The summed E-state index contributed by atoms with van der Waals surface area (Å²) in [6.45, 7) is 18.0. The molecule has 8 heteroatoms. The minimum Gasteiger partial charge on any atom is -0.148 e. The smallest absolute Gasteiger partial charge is 0.148 e. The molecule has 0 atom stereocenters. The third-order valence-electron chi connectivity index (χ3n) is 7.05. The third kappa shape index (κ3) is 9.25. The second kappa shape index (κ2) is 22.8. The topological polar surface area (TPSA) is 93.7 Å². The van der Waals surface area contributed by atoms with Crippen LogP contribution in [-0.4, -0.2) is 0 Å². The van der Waals surface area contributed by atoms with Gasteiger partial charge in [-0.25, -0.2) is 0 Å². The summed E-state index contributed by atoms with van der Waals surface area (Å²) in [6.07, 6.45) is 0. The van der Waals surface area contributed by atoms with E-state index in [0.29, 0.717) is 0 Å². The van der Waals surface area contributed by atoms with E-state index in [1.807, 2.05) is 0 Å². The summed E-state index contributed by atoms with van der Waals surface area (Å²) in [5.74, 6) is 0. The first-order chi connectivity index (χ1) is 23.3. The molecule has 0 saturated heterocycles. The molecular formula is C40H30FeNO4P2+. The maximum atomic E-state index is 7.50. The fraction of sp³-hybridized carbons (Fsp3) is 0. The monoisotopic (exact) mass is 706 g/mol. The number of hydrogen-bond acceptors (Lipinski definition) is 0. The van der Waals surface area contributed by atoms with E-state index in [9.17, 15) is 0 Å². The van der Waals surface area contributed by atoms with Crippen molar-refractivity contribution in [3.63, 3.8) is 0 Å². The second-order valence-electron chi connectivity index (χ2n) is 9.37. The fourth-order valence-corrected chi connectivity index (χ4v) is 14.8. The Bertz CT molecular complexity index is 1610. The van der Waals surface area contributed by atoms with Crippen LogP contribution < -0.4 is 36.0 Å². The molecule has 0 amide bonds. The van der Waals surface area contributed by atoms with Crippen LogP contribution in [0.25, 0.3) is 0 Å². The van der Waals surface area contributed by atoms with Crippen molar-refractivity contribution >= 4 is 45.9 Å². The van der Waals surface area contributed by atoms with Crippen LogP contribution >= 0.6 is 14.1 Å². The molecule has 6 aromatic rings. The van der Waals surface area contributed by atoms with E-state index in [4.69, 9.17) is 22.8 Å². The van der Waals surface area contributed by atoms with E-state index < -0.39 is 14.1 Å². The SMILES string of the molecule is [C-]#[O+].[C-]#[O+].[C-]#[O+].[C-]#[O+].[Fe].c1ccc(P(=[N+]=P(c2ccccc2)(c2ccccc2)c2ccccc2)(c2ccccc2)c2ccccc2)cc1. The minimum atomic E-state index is -2.50. The molecular weight excluding hydrogens is 676 g/mol. The number of benzene rings is 6. The first-order valence-corrected chi connectivity index (χ1v) is 17.5. The van der Waals surface area contributed by atoms with Crippen LogP contribution in [0.5, 0.6) is 0 Å². The molecule has 0 radical (unpaired) electrons. The number of rotatable bonds is 6. The normalized spacial score (nSPS) is 9.50. The van der Waals surface area contributed by atoms with Crippen molar-refractivity contribution in [1.29, 1.82) is 0 Å². The van der Waals surface area contributed by atoms with Crippen molar-refractivity contribution in [2.24, 2.45) is 0 Å². The van der Waals surface area contributed by atoms with Gasteiger partial charge in [-0.2, -0.15) is 0 Å². The van der Waals surface area contributed by atoms with Crippen LogP contribution in [-0.2, 0) is 35.7 Å². The Morgan fingerprint density at radius 1 is 0.271 bits per heavy atom. The van der Waals surface area contributed by atoms with E-state index >= 15 is 0 Å². The summed E-state index contributed by atoms with van der Waals surface area (Å²) >= 11 is 0. The minimum absolute atomic E-state index is 0. The molecule has 0 saturated carbocycles.